The van der Waals surface area contributed by atoms with Crippen molar-refractivity contribution in [3.8, 4) is 0 Å². The Bertz CT molecular complexity index is 313. The number of aromatic nitrogens is 1. The Kier molecular flexibility index (Phi) is 5.88. The van der Waals surface area contributed by atoms with Crippen LogP contribution in [0.3, 0.4) is 0 Å². The minimum atomic E-state index is -0.392. The van der Waals surface area contributed by atoms with Gasteiger partial charge in [0.2, 0.25) is 0 Å². The molecule has 0 aromatic carbocycles. The molecule has 1 rings (SSSR count). The number of rotatable bonds is 1. The normalized spacial score (nSPS) is 8.64. The van der Waals surface area contributed by atoms with Gasteiger partial charge in [0, 0.05) is 6.20 Å². The van der Waals surface area contributed by atoms with Crippen LogP contribution in [0.2, 0.25) is 5.15 Å². The zero-order valence-corrected chi connectivity index (χ0v) is 9.55. The Morgan fingerprint density at radius 3 is 2.50 bits per heavy atom. The molecule has 1 heterocycles. The fourth-order valence-corrected chi connectivity index (χ4v) is 1.06. The summed E-state index contributed by atoms with van der Waals surface area (Å²) < 4.78 is 4.53. The molecule has 78 valence electrons. The van der Waals surface area contributed by atoms with Gasteiger partial charge in [0.05, 0.1) is 12.7 Å². The summed E-state index contributed by atoms with van der Waals surface area (Å²) in [5, 5.41) is 0.375. The molecule has 3 nitrogen and oxygen atoms in total. The average molecular weight is 216 g/mol. The van der Waals surface area contributed by atoms with Crippen LogP contribution in [-0.4, -0.2) is 18.1 Å². The van der Waals surface area contributed by atoms with Crippen LogP contribution in [0, 0.1) is 6.92 Å². The van der Waals surface area contributed by atoms with Gasteiger partial charge in [-0.2, -0.15) is 0 Å². The van der Waals surface area contributed by atoms with Gasteiger partial charge in [-0.1, -0.05) is 25.4 Å². The lowest BCUT2D eigenvalue weighted by molar-refractivity contribution is 0.0599. The molecule has 0 N–H and O–H groups in total. The molecule has 0 aliphatic heterocycles. The number of hydrogen-bond acceptors (Lipinski definition) is 3. The van der Waals surface area contributed by atoms with E-state index in [9.17, 15) is 4.79 Å². The summed E-state index contributed by atoms with van der Waals surface area (Å²) in [6.45, 7) is 5.78. The van der Waals surface area contributed by atoms with Crippen molar-refractivity contribution in [2.45, 2.75) is 20.8 Å². The number of pyridine rings is 1. The van der Waals surface area contributed by atoms with Crippen LogP contribution in [0.4, 0.5) is 0 Å². The Balaban J connectivity index is 0.000000791. The number of carbonyl (C=O) groups is 1. The predicted octanol–water partition coefficient (Wildman–Crippen LogP) is 2.86. The minimum absolute atomic E-state index is 0.375. The highest BCUT2D eigenvalue weighted by atomic mass is 35.5. The molecular formula is C10H14ClNO2. The molecule has 1 aromatic rings. The summed E-state index contributed by atoms with van der Waals surface area (Å²) >= 11 is 5.60. The molecule has 1 aromatic heterocycles. The van der Waals surface area contributed by atoms with Gasteiger partial charge in [0.1, 0.15) is 5.15 Å². The maximum atomic E-state index is 11.0. The number of hydrogen-bond donors (Lipinski definition) is 0. The van der Waals surface area contributed by atoms with Crippen LogP contribution in [0.25, 0.3) is 0 Å². The summed E-state index contributed by atoms with van der Waals surface area (Å²) in [5.74, 6) is -0.392. The van der Waals surface area contributed by atoms with Crippen LogP contribution >= 0.6 is 11.6 Å². The molecule has 0 amide bonds. The second-order valence-electron chi connectivity index (χ2n) is 2.31. The largest absolute Gasteiger partial charge is 0.465 e. The number of ether oxygens (including phenoxy) is 1. The van der Waals surface area contributed by atoms with Crippen molar-refractivity contribution in [3.05, 3.63) is 28.5 Å². The third-order valence-electron chi connectivity index (χ3n) is 1.48. The SMILES string of the molecule is CC.COC(=O)c1cnc(Cl)cc1C. The van der Waals surface area contributed by atoms with Gasteiger partial charge >= 0.3 is 5.97 Å². The van der Waals surface area contributed by atoms with E-state index < -0.39 is 5.97 Å². The van der Waals surface area contributed by atoms with Crippen molar-refractivity contribution in [2.75, 3.05) is 7.11 Å². The van der Waals surface area contributed by atoms with E-state index in [1.165, 1.54) is 13.3 Å². The van der Waals surface area contributed by atoms with Crippen LogP contribution in [0.15, 0.2) is 12.3 Å². The molecule has 0 saturated heterocycles. The van der Waals surface area contributed by atoms with E-state index in [2.05, 4.69) is 9.72 Å². The number of carbonyl (C=O) groups excluding carboxylic acids is 1. The molecule has 0 aliphatic carbocycles. The molecule has 0 aliphatic rings. The van der Waals surface area contributed by atoms with E-state index in [1.54, 1.807) is 13.0 Å². The molecule has 0 radical (unpaired) electrons. The van der Waals surface area contributed by atoms with Crippen LogP contribution in [-0.2, 0) is 4.74 Å². The summed E-state index contributed by atoms with van der Waals surface area (Å²) in [6, 6.07) is 1.62. The van der Waals surface area contributed by atoms with Crippen molar-refractivity contribution in [2.24, 2.45) is 0 Å². The van der Waals surface area contributed by atoms with Crippen molar-refractivity contribution >= 4 is 17.6 Å². The zero-order valence-electron chi connectivity index (χ0n) is 8.80. The topological polar surface area (TPSA) is 39.2 Å². The van der Waals surface area contributed by atoms with Gasteiger partial charge in [0.15, 0.2) is 0 Å². The molecule has 0 spiro atoms. The fourth-order valence-electron chi connectivity index (χ4n) is 0.845. The highest BCUT2D eigenvalue weighted by Gasteiger charge is 2.08. The molecule has 14 heavy (non-hydrogen) atoms. The average Bonchev–Trinajstić information content (AvgIpc) is 2.20. The lowest BCUT2D eigenvalue weighted by Gasteiger charge is -2.01. The first kappa shape index (κ1) is 12.9. The Hall–Kier alpha value is -1.09. The van der Waals surface area contributed by atoms with E-state index in [4.69, 9.17) is 11.6 Å². The van der Waals surface area contributed by atoms with Gasteiger partial charge in [0.25, 0.3) is 0 Å². The molecule has 4 heteroatoms. The van der Waals surface area contributed by atoms with Gasteiger partial charge in [-0.05, 0) is 18.6 Å². The number of halogens is 1. The predicted molar refractivity (Wildman–Crippen MR) is 56.7 cm³/mol. The maximum Gasteiger partial charge on any atom is 0.339 e. The lowest BCUT2D eigenvalue weighted by atomic mass is 10.2. The van der Waals surface area contributed by atoms with Crippen LogP contribution < -0.4 is 0 Å². The molecular weight excluding hydrogens is 202 g/mol. The smallest absolute Gasteiger partial charge is 0.339 e. The van der Waals surface area contributed by atoms with Gasteiger partial charge in [-0.3, -0.25) is 0 Å². The van der Waals surface area contributed by atoms with Crippen molar-refractivity contribution in [1.82, 2.24) is 4.98 Å². The summed E-state index contributed by atoms with van der Waals surface area (Å²) in [5.41, 5.74) is 1.21. The highest BCUT2D eigenvalue weighted by Crippen LogP contribution is 2.12. The maximum absolute atomic E-state index is 11.0. The van der Waals surface area contributed by atoms with E-state index >= 15 is 0 Å². The Morgan fingerprint density at radius 1 is 1.50 bits per heavy atom. The number of methoxy groups -OCH3 is 1. The van der Waals surface area contributed by atoms with Crippen molar-refractivity contribution in [3.63, 3.8) is 0 Å². The first-order valence-corrected chi connectivity index (χ1v) is 4.73. The first-order chi connectivity index (χ1) is 6.65. The van der Waals surface area contributed by atoms with E-state index in [0.717, 1.165) is 5.56 Å². The number of esters is 1. The molecule has 0 saturated carbocycles. The zero-order chi connectivity index (χ0) is 11.1. The summed E-state index contributed by atoms with van der Waals surface area (Å²) in [6.07, 6.45) is 1.41. The van der Waals surface area contributed by atoms with E-state index in [1.807, 2.05) is 13.8 Å². The molecule has 0 fully saturated rings. The standard InChI is InChI=1S/C8H8ClNO2.C2H6/c1-5-3-7(9)10-4-6(5)8(11)12-2;1-2/h3-4H,1-2H3;1-2H3. The summed E-state index contributed by atoms with van der Waals surface area (Å²) in [4.78, 5) is 14.8. The fraction of sp³-hybridized carbons (Fsp3) is 0.400. The number of aryl methyl sites for hydroxylation is 1. The highest BCUT2D eigenvalue weighted by molar-refractivity contribution is 6.29. The monoisotopic (exact) mass is 215 g/mol. The first-order valence-electron chi connectivity index (χ1n) is 4.35. The minimum Gasteiger partial charge on any atom is -0.465 e. The Labute approximate surface area is 89.1 Å². The van der Waals surface area contributed by atoms with E-state index in [-0.39, 0.29) is 0 Å². The van der Waals surface area contributed by atoms with Crippen LogP contribution in [0.1, 0.15) is 29.8 Å². The quantitative estimate of drug-likeness (QED) is 0.534. The van der Waals surface area contributed by atoms with E-state index in [0.29, 0.717) is 10.7 Å². The van der Waals surface area contributed by atoms with Gasteiger partial charge < -0.3 is 4.74 Å². The molecule has 0 atom stereocenters. The second-order valence-corrected chi connectivity index (χ2v) is 2.70. The van der Waals surface area contributed by atoms with Crippen molar-refractivity contribution < 1.29 is 9.53 Å². The molecule has 0 bridgehead atoms. The van der Waals surface area contributed by atoms with Gasteiger partial charge in [-0.25, -0.2) is 9.78 Å². The third kappa shape index (κ3) is 3.34. The second kappa shape index (κ2) is 6.38. The van der Waals surface area contributed by atoms with Crippen LogP contribution in [0.5, 0.6) is 0 Å². The molecule has 0 unspecified atom stereocenters. The summed E-state index contributed by atoms with van der Waals surface area (Å²) in [7, 11) is 1.33. The van der Waals surface area contributed by atoms with Crippen molar-refractivity contribution in [1.29, 1.82) is 0 Å². The Morgan fingerprint density at radius 2 is 2.07 bits per heavy atom. The number of nitrogens with zero attached hydrogens (tertiary/aromatic N) is 1. The van der Waals surface area contributed by atoms with Gasteiger partial charge in [-0.15, -0.1) is 0 Å². The lowest BCUT2D eigenvalue weighted by Crippen LogP contribution is -2.04. The third-order valence-corrected chi connectivity index (χ3v) is 1.69.